The first kappa shape index (κ1) is 19.9. The van der Waals surface area contributed by atoms with E-state index in [2.05, 4.69) is 4.98 Å². The van der Waals surface area contributed by atoms with Gasteiger partial charge in [-0.25, -0.2) is 12.7 Å². The van der Waals surface area contributed by atoms with Gasteiger partial charge in [-0.15, -0.1) is 0 Å². The van der Waals surface area contributed by atoms with Crippen LogP contribution in [-0.4, -0.2) is 78.3 Å². The van der Waals surface area contributed by atoms with Gasteiger partial charge in [0.25, 0.3) is 5.91 Å². The van der Waals surface area contributed by atoms with E-state index in [4.69, 9.17) is 0 Å². The minimum absolute atomic E-state index is 0.0573. The molecule has 1 aromatic heterocycles. The van der Waals surface area contributed by atoms with Crippen molar-refractivity contribution < 1.29 is 18.0 Å². The Hall–Kier alpha value is -1.87. The fourth-order valence-electron chi connectivity index (χ4n) is 4.44. The maximum absolute atomic E-state index is 13.1. The Morgan fingerprint density at radius 2 is 2.04 bits per heavy atom. The largest absolute Gasteiger partial charge is 0.357 e. The smallest absolute Gasteiger partial charge is 0.270 e. The van der Waals surface area contributed by atoms with E-state index in [1.807, 2.05) is 45.1 Å². The Labute approximate surface area is 160 Å². The third-order valence-corrected chi connectivity index (χ3v) is 6.57. The van der Waals surface area contributed by atoms with Crippen LogP contribution in [0.2, 0.25) is 0 Å². The molecule has 0 saturated carbocycles. The molecule has 1 aromatic rings. The van der Waals surface area contributed by atoms with Gasteiger partial charge in [0, 0.05) is 19.3 Å². The third kappa shape index (κ3) is 3.50. The number of sulfonamides is 1. The van der Waals surface area contributed by atoms with E-state index < -0.39 is 28.0 Å². The van der Waals surface area contributed by atoms with E-state index >= 15 is 0 Å². The van der Waals surface area contributed by atoms with Crippen molar-refractivity contribution in [3.05, 3.63) is 23.5 Å². The van der Waals surface area contributed by atoms with E-state index in [9.17, 15) is 18.0 Å². The van der Waals surface area contributed by atoms with Crippen LogP contribution in [0.3, 0.4) is 0 Å². The molecular formula is C18H28N4O4S. The van der Waals surface area contributed by atoms with Gasteiger partial charge < -0.3 is 14.8 Å². The summed E-state index contributed by atoms with van der Waals surface area (Å²) in [7, 11) is 0.247. The average molecular weight is 397 g/mol. The van der Waals surface area contributed by atoms with E-state index in [1.54, 1.807) is 4.90 Å². The number of carbonyl (C=O) groups excluding carboxylic acids is 2. The second-order valence-electron chi connectivity index (χ2n) is 8.17. The molecular weight excluding hydrogens is 368 g/mol. The van der Waals surface area contributed by atoms with Crippen LogP contribution in [0.1, 0.15) is 36.3 Å². The monoisotopic (exact) mass is 396 g/mol. The fraction of sp³-hybridized carbons (Fsp3) is 0.667. The van der Waals surface area contributed by atoms with Crippen LogP contribution in [0.4, 0.5) is 0 Å². The van der Waals surface area contributed by atoms with Gasteiger partial charge >= 0.3 is 0 Å². The highest BCUT2D eigenvalue weighted by atomic mass is 32.2. The minimum atomic E-state index is -3.66. The summed E-state index contributed by atoms with van der Waals surface area (Å²) in [6.07, 6.45) is 3.35. The molecule has 3 atom stereocenters. The summed E-state index contributed by atoms with van der Waals surface area (Å²) in [6.45, 7) is 4.95. The highest BCUT2D eigenvalue weighted by Gasteiger charge is 2.58. The second kappa shape index (κ2) is 6.94. The maximum atomic E-state index is 13.1. The van der Waals surface area contributed by atoms with Crippen molar-refractivity contribution in [3.63, 3.8) is 0 Å². The quantitative estimate of drug-likeness (QED) is 0.792. The van der Waals surface area contributed by atoms with Crippen molar-refractivity contribution in [3.8, 4) is 0 Å². The predicted molar refractivity (Wildman–Crippen MR) is 101 cm³/mol. The molecule has 2 amide bonds. The Bertz CT molecular complexity index is 845. The number of nitrogens with zero attached hydrogens (tertiary/aromatic N) is 3. The van der Waals surface area contributed by atoms with Crippen molar-refractivity contribution in [2.45, 2.75) is 38.9 Å². The number of nitrogens with one attached hydrogen (secondary N) is 1. The maximum Gasteiger partial charge on any atom is 0.270 e. The minimum Gasteiger partial charge on any atom is -0.357 e. The standard InChI is InChI=1S/C18H28N4O4S/c1-11(2)15-16-14(22(18(15)24)27(5,25)26)6-7-21(16)17(23)13-8-12(9-19-13)10-20(3)4/h8-9,11,14-16,19H,6-7,10H2,1-5H3/t14-,15+,16-/m1/s1. The highest BCUT2D eigenvalue weighted by molar-refractivity contribution is 7.88. The zero-order valence-electron chi connectivity index (χ0n) is 16.5. The lowest BCUT2D eigenvalue weighted by Gasteiger charge is -2.28. The third-order valence-electron chi connectivity index (χ3n) is 5.40. The number of aromatic nitrogens is 1. The lowest BCUT2D eigenvalue weighted by molar-refractivity contribution is -0.129. The van der Waals surface area contributed by atoms with Gasteiger partial charge in [-0.2, -0.15) is 0 Å². The number of amides is 2. The molecule has 9 heteroatoms. The molecule has 2 fully saturated rings. The summed E-state index contributed by atoms with van der Waals surface area (Å²) >= 11 is 0. The first-order valence-electron chi connectivity index (χ1n) is 9.18. The lowest BCUT2D eigenvalue weighted by atomic mass is 9.88. The highest BCUT2D eigenvalue weighted by Crippen LogP contribution is 2.41. The van der Waals surface area contributed by atoms with Crippen LogP contribution in [-0.2, 0) is 21.4 Å². The summed E-state index contributed by atoms with van der Waals surface area (Å²) in [5, 5.41) is 0. The molecule has 0 bridgehead atoms. The molecule has 2 saturated heterocycles. The van der Waals surface area contributed by atoms with E-state index in [0.29, 0.717) is 25.2 Å². The molecule has 0 aromatic carbocycles. The summed E-state index contributed by atoms with van der Waals surface area (Å²) in [5.41, 5.74) is 1.47. The van der Waals surface area contributed by atoms with E-state index in [-0.39, 0.29) is 17.7 Å². The topological polar surface area (TPSA) is 93.8 Å². The van der Waals surface area contributed by atoms with Crippen LogP contribution < -0.4 is 0 Å². The van der Waals surface area contributed by atoms with Gasteiger partial charge in [0.1, 0.15) is 5.69 Å². The number of H-pyrrole nitrogens is 1. The molecule has 0 unspecified atom stereocenters. The van der Waals surface area contributed by atoms with Gasteiger partial charge in [0.15, 0.2) is 0 Å². The van der Waals surface area contributed by atoms with Crippen LogP contribution in [0.15, 0.2) is 12.3 Å². The number of aromatic amines is 1. The van der Waals surface area contributed by atoms with Crippen molar-refractivity contribution in [1.29, 1.82) is 0 Å². The number of rotatable bonds is 5. The van der Waals surface area contributed by atoms with E-state index in [1.165, 1.54) is 0 Å². The summed E-state index contributed by atoms with van der Waals surface area (Å²) in [4.78, 5) is 32.7. The molecule has 0 spiro atoms. The van der Waals surface area contributed by atoms with Crippen LogP contribution in [0, 0.1) is 11.8 Å². The van der Waals surface area contributed by atoms with Crippen molar-refractivity contribution >= 4 is 21.8 Å². The van der Waals surface area contributed by atoms with Crippen molar-refractivity contribution in [1.82, 2.24) is 19.1 Å². The Morgan fingerprint density at radius 1 is 1.37 bits per heavy atom. The molecule has 150 valence electrons. The Kier molecular flexibility index (Phi) is 5.11. The zero-order chi connectivity index (χ0) is 20.1. The summed E-state index contributed by atoms with van der Waals surface area (Å²) in [5.74, 6) is -1.13. The fourth-order valence-corrected chi connectivity index (χ4v) is 5.61. The van der Waals surface area contributed by atoms with Gasteiger partial charge in [-0.05, 0) is 38.1 Å². The lowest BCUT2D eigenvalue weighted by Crippen LogP contribution is -2.44. The second-order valence-corrected chi connectivity index (χ2v) is 10.0. The molecule has 2 aliphatic rings. The summed E-state index contributed by atoms with van der Waals surface area (Å²) in [6, 6.07) is 0.936. The number of likely N-dealkylation sites (tertiary alicyclic amines) is 1. The molecule has 0 radical (unpaired) electrons. The molecule has 27 heavy (non-hydrogen) atoms. The van der Waals surface area contributed by atoms with Gasteiger partial charge in [-0.3, -0.25) is 9.59 Å². The normalized spacial score (nSPS) is 25.7. The van der Waals surface area contributed by atoms with Crippen LogP contribution >= 0.6 is 0 Å². The first-order chi connectivity index (χ1) is 12.5. The number of fused-ring (bicyclic) bond motifs is 1. The van der Waals surface area contributed by atoms with E-state index in [0.717, 1.165) is 16.1 Å². The number of hydrogen-bond donors (Lipinski definition) is 1. The van der Waals surface area contributed by atoms with Gasteiger partial charge in [-0.1, -0.05) is 13.8 Å². The molecule has 0 aliphatic carbocycles. The van der Waals surface area contributed by atoms with Gasteiger partial charge in [0.05, 0.1) is 24.3 Å². The molecule has 1 N–H and O–H groups in total. The zero-order valence-corrected chi connectivity index (χ0v) is 17.3. The number of carbonyl (C=O) groups is 2. The first-order valence-corrected chi connectivity index (χ1v) is 11.0. The average Bonchev–Trinajstić information content (AvgIpc) is 3.18. The molecule has 3 rings (SSSR count). The van der Waals surface area contributed by atoms with Crippen molar-refractivity contribution in [2.24, 2.45) is 11.8 Å². The molecule has 2 aliphatic heterocycles. The Balaban J connectivity index is 1.91. The van der Waals surface area contributed by atoms with Crippen LogP contribution in [0.25, 0.3) is 0 Å². The predicted octanol–water partition coefficient (Wildman–Crippen LogP) is 0.733. The summed E-state index contributed by atoms with van der Waals surface area (Å²) < 4.78 is 25.4. The van der Waals surface area contributed by atoms with Crippen LogP contribution in [0.5, 0.6) is 0 Å². The molecule has 8 nitrogen and oxygen atoms in total. The van der Waals surface area contributed by atoms with Gasteiger partial charge in [0.2, 0.25) is 15.9 Å². The number of hydrogen-bond acceptors (Lipinski definition) is 5. The SMILES string of the molecule is CC(C)[C@@H]1C(=O)N(S(C)(=O)=O)[C@@H]2CCN(C(=O)c3cc(CN(C)C)c[nH]3)[C@H]21. The molecule has 3 heterocycles. The van der Waals surface area contributed by atoms with Crippen molar-refractivity contribution in [2.75, 3.05) is 26.9 Å². The Morgan fingerprint density at radius 3 is 2.59 bits per heavy atom.